The molecule has 0 aliphatic heterocycles. The summed E-state index contributed by atoms with van der Waals surface area (Å²) >= 11 is 0. The monoisotopic (exact) mass is 330 g/mol. The van der Waals surface area contributed by atoms with Crippen LogP contribution in [0.1, 0.15) is 13.8 Å². The number of fused-ring (bicyclic) bond motifs is 5. The van der Waals surface area contributed by atoms with Crippen molar-refractivity contribution in [2.24, 2.45) is 0 Å². The number of carbonyl (C=O) groups excluding carboxylic acids is 1. The molecule has 0 N–H and O–H groups in total. The van der Waals surface area contributed by atoms with Crippen molar-refractivity contribution in [3.63, 3.8) is 0 Å². The van der Waals surface area contributed by atoms with Crippen LogP contribution in [-0.2, 0) is 4.74 Å². The summed E-state index contributed by atoms with van der Waals surface area (Å²) in [5.41, 5.74) is 0. The van der Waals surface area contributed by atoms with E-state index in [0.29, 0.717) is 5.75 Å². The standard InChI is InChI=1S/C22H18O3/c1-14(2)24-22(23)25-21-9-5-8-17-19-11-10-15-6-3-4-7-16(15)18(19)12-13-20(17)21/h3-14H,1-2H3. The Bertz CT molecular complexity index is 1100. The Labute approximate surface area is 145 Å². The molecule has 3 heteroatoms. The highest BCUT2D eigenvalue weighted by Gasteiger charge is 2.12. The van der Waals surface area contributed by atoms with E-state index in [2.05, 4.69) is 30.3 Å². The molecule has 0 saturated heterocycles. The zero-order valence-electron chi connectivity index (χ0n) is 14.2. The number of benzene rings is 4. The van der Waals surface area contributed by atoms with E-state index in [0.717, 1.165) is 16.2 Å². The van der Waals surface area contributed by atoms with Crippen molar-refractivity contribution < 1.29 is 14.3 Å². The van der Waals surface area contributed by atoms with E-state index in [1.54, 1.807) is 19.9 Å². The second-order valence-corrected chi connectivity index (χ2v) is 6.32. The molecule has 124 valence electrons. The third-order valence-corrected chi connectivity index (χ3v) is 4.27. The Morgan fingerprint density at radius 3 is 2.20 bits per heavy atom. The summed E-state index contributed by atoms with van der Waals surface area (Å²) in [4.78, 5) is 11.9. The van der Waals surface area contributed by atoms with E-state index >= 15 is 0 Å². The predicted octanol–water partition coefficient (Wildman–Crippen LogP) is 6.07. The number of carbonyl (C=O) groups is 1. The molecule has 0 aliphatic carbocycles. The van der Waals surface area contributed by atoms with Gasteiger partial charge in [-0.25, -0.2) is 4.79 Å². The summed E-state index contributed by atoms with van der Waals surface area (Å²) in [6.45, 7) is 3.59. The topological polar surface area (TPSA) is 35.5 Å². The second-order valence-electron chi connectivity index (χ2n) is 6.32. The first-order chi connectivity index (χ1) is 12.1. The Balaban J connectivity index is 1.90. The molecule has 0 fully saturated rings. The van der Waals surface area contributed by atoms with E-state index in [-0.39, 0.29) is 6.10 Å². The smallest absolute Gasteiger partial charge is 0.431 e. The third kappa shape index (κ3) is 2.78. The second kappa shape index (κ2) is 6.10. The lowest BCUT2D eigenvalue weighted by Crippen LogP contribution is -2.15. The van der Waals surface area contributed by atoms with Crippen LogP contribution in [0.4, 0.5) is 4.79 Å². The first-order valence-electron chi connectivity index (χ1n) is 8.35. The van der Waals surface area contributed by atoms with Gasteiger partial charge in [0.25, 0.3) is 0 Å². The first kappa shape index (κ1) is 15.5. The van der Waals surface area contributed by atoms with Crippen LogP contribution in [-0.4, -0.2) is 12.3 Å². The van der Waals surface area contributed by atoms with Crippen LogP contribution >= 0.6 is 0 Å². The van der Waals surface area contributed by atoms with Gasteiger partial charge in [0.2, 0.25) is 0 Å². The van der Waals surface area contributed by atoms with Crippen LogP contribution in [0.5, 0.6) is 5.75 Å². The number of ether oxygens (including phenoxy) is 2. The van der Waals surface area contributed by atoms with Gasteiger partial charge >= 0.3 is 6.16 Å². The summed E-state index contributed by atoms with van der Waals surface area (Å²) in [6, 6.07) is 22.4. The average Bonchev–Trinajstić information content (AvgIpc) is 2.60. The summed E-state index contributed by atoms with van der Waals surface area (Å²) in [5, 5.41) is 6.70. The summed E-state index contributed by atoms with van der Waals surface area (Å²) in [7, 11) is 0. The summed E-state index contributed by atoms with van der Waals surface area (Å²) < 4.78 is 10.5. The lowest BCUT2D eigenvalue weighted by atomic mass is 9.97. The molecule has 0 atom stereocenters. The molecule has 0 unspecified atom stereocenters. The molecule has 3 nitrogen and oxygen atoms in total. The highest BCUT2D eigenvalue weighted by atomic mass is 16.7. The highest BCUT2D eigenvalue weighted by Crippen LogP contribution is 2.35. The van der Waals surface area contributed by atoms with Crippen molar-refractivity contribution in [2.75, 3.05) is 0 Å². The van der Waals surface area contributed by atoms with Crippen molar-refractivity contribution in [1.82, 2.24) is 0 Å². The summed E-state index contributed by atoms with van der Waals surface area (Å²) in [5.74, 6) is 0.512. The third-order valence-electron chi connectivity index (χ3n) is 4.27. The van der Waals surface area contributed by atoms with E-state index in [1.807, 2.05) is 30.3 Å². The van der Waals surface area contributed by atoms with Gasteiger partial charge in [-0.2, -0.15) is 0 Å². The molecule has 0 aromatic heterocycles. The van der Waals surface area contributed by atoms with Crippen LogP contribution in [0.25, 0.3) is 32.3 Å². The molecule has 4 aromatic rings. The molecule has 4 rings (SSSR count). The molecule has 4 aromatic carbocycles. The van der Waals surface area contributed by atoms with Gasteiger partial charge in [0, 0.05) is 5.39 Å². The van der Waals surface area contributed by atoms with E-state index in [9.17, 15) is 4.79 Å². The predicted molar refractivity (Wildman–Crippen MR) is 101 cm³/mol. The molecule has 0 saturated carbocycles. The molecule has 0 aliphatic rings. The van der Waals surface area contributed by atoms with E-state index in [1.165, 1.54) is 16.2 Å². The Kier molecular flexibility index (Phi) is 3.77. The Hall–Kier alpha value is -3.07. The maximum absolute atomic E-state index is 11.9. The lowest BCUT2D eigenvalue weighted by Gasteiger charge is -2.12. The van der Waals surface area contributed by atoms with Gasteiger partial charge in [0.1, 0.15) is 5.75 Å². The van der Waals surface area contributed by atoms with Crippen molar-refractivity contribution >= 4 is 38.5 Å². The number of rotatable bonds is 2. The van der Waals surface area contributed by atoms with Gasteiger partial charge < -0.3 is 9.47 Å². The lowest BCUT2D eigenvalue weighted by molar-refractivity contribution is 0.0733. The quantitative estimate of drug-likeness (QED) is 0.254. The Morgan fingerprint density at radius 1 is 0.720 bits per heavy atom. The molecule has 0 bridgehead atoms. The van der Waals surface area contributed by atoms with Crippen LogP contribution in [0.2, 0.25) is 0 Å². The molecular formula is C22H18O3. The fourth-order valence-electron chi connectivity index (χ4n) is 3.22. The van der Waals surface area contributed by atoms with Crippen molar-refractivity contribution in [3.8, 4) is 5.75 Å². The van der Waals surface area contributed by atoms with Crippen LogP contribution in [0.15, 0.2) is 66.7 Å². The normalized spacial score (nSPS) is 11.3. The highest BCUT2D eigenvalue weighted by molar-refractivity contribution is 6.18. The van der Waals surface area contributed by atoms with Gasteiger partial charge in [-0.1, -0.05) is 54.6 Å². The molecule has 0 heterocycles. The zero-order valence-corrected chi connectivity index (χ0v) is 14.2. The van der Waals surface area contributed by atoms with Crippen LogP contribution in [0.3, 0.4) is 0 Å². The van der Waals surface area contributed by atoms with Crippen LogP contribution in [0, 0.1) is 0 Å². The zero-order chi connectivity index (χ0) is 17.4. The molecule has 0 spiro atoms. The minimum absolute atomic E-state index is 0.213. The minimum Gasteiger partial charge on any atom is -0.431 e. The van der Waals surface area contributed by atoms with Gasteiger partial charge in [-0.3, -0.25) is 0 Å². The fraction of sp³-hybridized carbons (Fsp3) is 0.136. The summed E-state index contributed by atoms with van der Waals surface area (Å²) in [6.07, 6.45) is -0.893. The largest absolute Gasteiger partial charge is 0.514 e. The number of hydrogen-bond donors (Lipinski definition) is 0. The minimum atomic E-state index is -0.680. The molecular weight excluding hydrogens is 312 g/mol. The van der Waals surface area contributed by atoms with E-state index < -0.39 is 6.16 Å². The molecule has 0 radical (unpaired) electrons. The fourth-order valence-corrected chi connectivity index (χ4v) is 3.22. The van der Waals surface area contributed by atoms with Gasteiger partial charge in [0.15, 0.2) is 0 Å². The van der Waals surface area contributed by atoms with Gasteiger partial charge in [-0.05, 0) is 52.9 Å². The van der Waals surface area contributed by atoms with Crippen molar-refractivity contribution in [2.45, 2.75) is 20.0 Å². The Morgan fingerprint density at radius 2 is 1.36 bits per heavy atom. The van der Waals surface area contributed by atoms with Crippen molar-refractivity contribution in [3.05, 3.63) is 66.7 Å². The van der Waals surface area contributed by atoms with Gasteiger partial charge in [-0.15, -0.1) is 0 Å². The average molecular weight is 330 g/mol. The molecule has 25 heavy (non-hydrogen) atoms. The van der Waals surface area contributed by atoms with Crippen molar-refractivity contribution in [1.29, 1.82) is 0 Å². The van der Waals surface area contributed by atoms with Gasteiger partial charge in [0.05, 0.1) is 6.10 Å². The SMILES string of the molecule is CC(C)OC(=O)Oc1cccc2c1ccc1c3ccccc3ccc21. The van der Waals surface area contributed by atoms with E-state index in [4.69, 9.17) is 9.47 Å². The first-order valence-corrected chi connectivity index (χ1v) is 8.35. The molecule has 0 amide bonds. The van der Waals surface area contributed by atoms with Crippen LogP contribution < -0.4 is 4.74 Å². The maximum atomic E-state index is 11.9. The number of hydrogen-bond acceptors (Lipinski definition) is 3. The maximum Gasteiger partial charge on any atom is 0.514 e.